The van der Waals surface area contributed by atoms with Crippen molar-refractivity contribution in [2.24, 2.45) is 47.2 Å². The Balaban J connectivity index is 7.17. The summed E-state index contributed by atoms with van der Waals surface area (Å²) in [5.41, 5.74) is 5.37. The Bertz CT molecular complexity index is 3000. The van der Waals surface area contributed by atoms with Crippen molar-refractivity contribution in [1.82, 2.24) is 69.0 Å². The lowest BCUT2D eigenvalue weighted by molar-refractivity contribution is -0.151. The molecule has 10 N–H and O–H groups in total. The van der Waals surface area contributed by atoms with Gasteiger partial charge in [-0.15, -0.1) is 0 Å². The van der Waals surface area contributed by atoms with E-state index in [-0.39, 0.29) is 113 Å². The number of carbonyl (C=O) groups is 14. The van der Waals surface area contributed by atoms with Crippen molar-refractivity contribution in [2.75, 3.05) is 183 Å². The Hall–Kier alpha value is -7.74. The summed E-state index contributed by atoms with van der Waals surface area (Å²) in [5, 5.41) is 76.9. The quantitative estimate of drug-likeness (QED) is 0.0295. The van der Waals surface area contributed by atoms with Gasteiger partial charge in [0.25, 0.3) is 0 Å². The van der Waals surface area contributed by atoms with E-state index < -0.39 is 230 Å². The molecule has 0 bridgehead atoms. The zero-order valence-electron chi connectivity index (χ0n) is 71.6. The third kappa shape index (κ3) is 45.8. The number of nitrogens with one attached hydrogen (secondary N) is 1. The molecule has 7 atom stereocenters. The molecular weight excluding hydrogens is 1470 g/mol. The van der Waals surface area contributed by atoms with Gasteiger partial charge < -0.3 is 110 Å². The van der Waals surface area contributed by atoms with E-state index in [2.05, 4.69) is 5.32 Å². The summed E-state index contributed by atoms with van der Waals surface area (Å²) in [4.78, 5) is 212. The topological polar surface area (TPSA) is 461 Å². The minimum absolute atomic E-state index is 0.0202. The van der Waals surface area contributed by atoms with E-state index in [1.807, 2.05) is 27.7 Å². The minimum Gasteiger partial charge on any atom is -0.392 e. The number of rotatable bonds is 56. The zero-order valence-corrected chi connectivity index (χ0v) is 71.6. The molecule has 36 heteroatoms. The molecule has 0 fully saturated rings. The van der Waals surface area contributed by atoms with E-state index in [9.17, 15) is 103 Å². The maximum atomic E-state index is 14.7. The number of amides is 14. The largest absolute Gasteiger partial charge is 0.392 e. The maximum Gasteiger partial charge on any atom is 0.242 e. The van der Waals surface area contributed by atoms with E-state index in [0.29, 0.717) is 6.54 Å². The van der Waals surface area contributed by atoms with Crippen molar-refractivity contribution in [3.8, 4) is 0 Å². The Morgan fingerprint density at radius 3 is 0.442 bits per heavy atom. The number of nitrogens with two attached hydrogens (primary N) is 1. The SMILES string of the molecule is CC(C)CNCC(=O)N(CC(=O)N(CC(=O)N(CC(=O)N(CC(=O)N(CC(=O)N(CC(=O)N(CC(=O)N(CC(=O)N(CC(=O)N(CC(=O)N(CC(=O)N(CC(=O)N(CC(N)=O)CC(C)O)CC(C)C)CC(C)O)CC(C)C)CC(C)O)CC(C)C)CC(C)O)CC(C)C)CC(C)O)CC(C)C)CC(C)O)CC(C)C)CC(C)O. The molecular formula is C77H143N15O21. The highest BCUT2D eigenvalue weighted by Crippen LogP contribution is 2.15. The molecule has 0 radical (unpaired) electrons. The molecule has 113 heavy (non-hydrogen) atoms. The summed E-state index contributed by atoms with van der Waals surface area (Å²) in [6.07, 6.45) is -8.12. The van der Waals surface area contributed by atoms with Crippen LogP contribution in [-0.4, -0.2) is 408 Å². The normalized spacial score (nSPS) is 13.4. The van der Waals surface area contributed by atoms with Gasteiger partial charge in [-0.25, -0.2) is 0 Å². The summed E-state index contributed by atoms with van der Waals surface area (Å²) in [6.45, 7) is 24.2. The molecule has 0 aliphatic rings. The molecule has 0 spiro atoms. The van der Waals surface area contributed by atoms with Gasteiger partial charge in [-0.3, -0.25) is 67.1 Å². The second-order valence-corrected chi connectivity index (χ2v) is 33.4. The molecule has 0 rings (SSSR count). The van der Waals surface area contributed by atoms with Crippen LogP contribution < -0.4 is 11.1 Å². The molecule has 0 heterocycles. The Morgan fingerprint density at radius 1 is 0.204 bits per heavy atom. The van der Waals surface area contributed by atoms with Gasteiger partial charge in [0.2, 0.25) is 82.7 Å². The molecule has 0 aromatic carbocycles. The second-order valence-electron chi connectivity index (χ2n) is 33.4. The summed E-state index contributed by atoms with van der Waals surface area (Å²) in [5.74, 6) is -11.8. The molecule has 36 nitrogen and oxygen atoms in total. The van der Waals surface area contributed by atoms with Crippen LogP contribution in [0.2, 0.25) is 0 Å². The van der Waals surface area contributed by atoms with Crippen molar-refractivity contribution in [3.05, 3.63) is 0 Å². The van der Waals surface area contributed by atoms with Crippen molar-refractivity contribution < 1.29 is 103 Å². The maximum absolute atomic E-state index is 14.7. The molecule has 0 saturated carbocycles. The first kappa shape index (κ1) is 105. The van der Waals surface area contributed by atoms with Gasteiger partial charge in [-0.2, -0.15) is 0 Å². The number of hydrogen-bond acceptors (Lipinski definition) is 22. The van der Waals surface area contributed by atoms with Gasteiger partial charge in [0.15, 0.2) is 0 Å². The summed E-state index contributed by atoms with van der Waals surface area (Å²) in [6, 6.07) is 0. The van der Waals surface area contributed by atoms with Crippen LogP contribution in [0.1, 0.15) is 145 Å². The Morgan fingerprint density at radius 2 is 0.327 bits per heavy atom. The van der Waals surface area contributed by atoms with Gasteiger partial charge in [-0.1, -0.05) is 96.9 Å². The second kappa shape index (κ2) is 53.4. The third-order valence-corrected chi connectivity index (χ3v) is 16.6. The van der Waals surface area contributed by atoms with Gasteiger partial charge in [-0.05, 0) is 96.4 Å². The fourth-order valence-electron chi connectivity index (χ4n) is 12.1. The average molecular weight is 1620 g/mol. The lowest BCUT2D eigenvalue weighted by Crippen LogP contribution is -2.55. The van der Waals surface area contributed by atoms with Gasteiger partial charge in [0.1, 0.15) is 0 Å². The first-order chi connectivity index (χ1) is 52.2. The molecule has 0 aromatic rings. The minimum atomic E-state index is -1.25. The number of aliphatic hydroxyl groups is 7. The molecule has 0 saturated heterocycles. The highest BCUT2D eigenvalue weighted by Gasteiger charge is 2.36. The van der Waals surface area contributed by atoms with Gasteiger partial charge in [0, 0.05) is 85.1 Å². The first-order valence-corrected chi connectivity index (χ1v) is 39.6. The van der Waals surface area contributed by atoms with Crippen molar-refractivity contribution >= 4 is 82.7 Å². The Kier molecular flexibility index (Phi) is 49.8. The highest BCUT2D eigenvalue weighted by molar-refractivity contribution is 5.96. The Labute approximate surface area is 670 Å². The summed E-state index contributed by atoms with van der Waals surface area (Å²) in [7, 11) is 0. The average Bonchev–Trinajstić information content (AvgIpc) is 0.853. The van der Waals surface area contributed by atoms with E-state index in [1.165, 1.54) is 68.1 Å². The van der Waals surface area contributed by atoms with E-state index in [0.717, 1.165) is 44.1 Å². The molecule has 0 aromatic heterocycles. The van der Waals surface area contributed by atoms with Crippen LogP contribution in [0.3, 0.4) is 0 Å². The predicted octanol–water partition coefficient (Wildman–Crippen LogP) is -2.91. The van der Waals surface area contributed by atoms with Crippen LogP contribution in [0.4, 0.5) is 0 Å². The lowest BCUT2D eigenvalue weighted by atomic mass is 10.2. The van der Waals surface area contributed by atoms with Crippen LogP contribution in [0.15, 0.2) is 0 Å². The molecule has 0 aliphatic carbocycles. The van der Waals surface area contributed by atoms with Gasteiger partial charge >= 0.3 is 0 Å². The van der Waals surface area contributed by atoms with E-state index in [1.54, 1.807) is 69.2 Å². The number of hydrogen-bond donors (Lipinski definition) is 9. The van der Waals surface area contributed by atoms with Crippen molar-refractivity contribution in [1.29, 1.82) is 0 Å². The zero-order chi connectivity index (χ0) is 87.2. The number of aliphatic hydroxyl groups excluding tert-OH is 7. The van der Waals surface area contributed by atoms with Crippen LogP contribution in [-0.2, 0) is 67.1 Å². The fourth-order valence-corrected chi connectivity index (χ4v) is 12.1. The third-order valence-electron chi connectivity index (χ3n) is 16.6. The smallest absolute Gasteiger partial charge is 0.242 e. The van der Waals surface area contributed by atoms with Crippen LogP contribution in [0.25, 0.3) is 0 Å². The predicted molar refractivity (Wildman–Crippen MR) is 423 cm³/mol. The highest BCUT2D eigenvalue weighted by atomic mass is 16.3. The number of nitrogens with zero attached hydrogens (tertiary/aromatic N) is 13. The molecule has 14 amide bonds. The van der Waals surface area contributed by atoms with Crippen LogP contribution in [0.5, 0.6) is 0 Å². The number of primary amides is 1. The summed E-state index contributed by atoms with van der Waals surface area (Å²) >= 11 is 0. The number of carbonyl (C=O) groups excluding carboxylic acids is 14. The lowest BCUT2D eigenvalue weighted by Gasteiger charge is -2.34. The standard InChI is InChI=1S/C77H143N15O21/c1-50(2)22-79-23-65(101)87(31-58(16)94)44-66(102)81(25-52(5)6)39-73(109)89(33-60(18)96)46-68(104)83(27-54(9)10)41-75(111)91(35-62(20)98)48-70(106)85(29-56(13)14)43-77(113)92(36-63(21)99)49-71(107)84(28-55(11)12)42-76(112)90(34-61(19)97)47-69(105)82(26-53(7)8)40-74(110)88(32-59(17)95)45-67(103)80(24-51(3)4)38-72(108)86(30-57(15)93)37-64(78)100/h50-63,79,93-99H,22-49H2,1-21H3,(H2,78,100). The first-order valence-electron chi connectivity index (χ1n) is 39.6. The van der Waals surface area contributed by atoms with Crippen LogP contribution in [0, 0.1) is 41.4 Å². The molecule has 0 aliphatic heterocycles. The van der Waals surface area contributed by atoms with Crippen molar-refractivity contribution in [2.45, 2.75) is 188 Å². The molecule has 652 valence electrons. The molecule has 7 unspecified atom stereocenters. The van der Waals surface area contributed by atoms with E-state index >= 15 is 0 Å². The monoisotopic (exact) mass is 1610 g/mol. The van der Waals surface area contributed by atoms with E-state index in [4.69, 9.17) is 5.73 Å². The van der Waals surface area contributed by atoms with Crippen LogP contribution >= 0.6 is 0 Å². The van der Waals surface area contributed by atoms with Gasteiger partial charge in [0.05, 0.1) is 134 Å². The summed E-state index contributed by atoms with van der Waals surface area (Å²) < 4.78 is 0. The fraction of sp³-hybridized carbons (Fsp3) is 0.818. The van der Waals surface area contributed by atoms with Crippen molar-refractivity contribution in [3.63, 3.8) is 0 Å².